The molecule has 0 bridgehead atoms. The highest BCUT2D eigenvalue weighted by atomic mass is 32.2. The average Bonchev–Trinajstić information content (AvgIpc) is 2.70. The monoisotopic (exact) mass is 365 g/mol. The SMILES string of the molecule is O=C(OCC(=O)N1c2ccccc2Sc2ccccc21)[C@H]1CC=CCC1. The molecule has 0 saturated carbocycles. The number of nitrogens with zero attached hydrogens (tertiary/aromatic N) is 1. The van der Waals surface area contributed by atoms with Gasteiger partial charge in [-0.05, 0) is 43.5 Å². The summed E-state index contributed by atoms with van der Waals surface area (Å²) < 4.78 is 5.36. The highest BCUT2D eigenvalue weighted by molar-refractivity contribution is 7.99. The Hall–Kier alpha value is -2.53. The molecule has 132 valence electrons. The average molecular weight is 365 g/mol. The second-order valence-electron chi connectivity index (χ2n) is 6.36. The second-order valence-corrected chi connectivity index (χ2v) is 7.44. The minimum absolute atomic E-state index is 0.135. The number of rotatable bonds is 3. The van der Waals surface area contributed by atoms with Crippen LogP contribution >= 0.6 is 11.8 Å². The third-order valence-corrected chi connectivity index (χ3v) is 5.75. The predicted molar refractivity (Wildman–Crippen MR) is 102 cm³/mol. The van der Waals surface area contributed by atoms with Crippen molar-refractivity contribution in [3.8, 4) is 0 Å². The molecule has 0 unspecified atom stereocenters. The lowest BCUT2D eigenvalue weighted by atomic mass is 9.95. The number of anilines is 2. The molecule has 0 N–H and O–H groups in total. The van der Waals surface area contributed by atoms with E-state index in [2.05, 4.69) is 6.08 Å². The van der Waals surface area contributed by atoms with Crippen LogP contribution in [0.3, 0.4) is 0 Å². The number of carbonyl (C=O) groups excluding carboxylic acids is 2. The zero-order chi connectivity index (χ0) is 17.9. The van der Waals surface area contributed by atoms with Crippen molar-refractivity contribution in [1.82, 2.24) is 0 Å². The summed E-state index contributed by atoms with van der Waals surface area (Å²) >= 11 is 1.64. The van der Waals surface area contributed by atoms with Gasteiger partial charge in [0.05, 0.1) is 17.3 Å². The lowest BCUT2D eigenvalue weighted by molar-refractivity contribution is -0.152. The van der Waals surface area contributed by atoms with Gasteiger partial charge in [0.25, 0.3) is 5.91 Å². The molecule has 0 aromatic heterocycles. The van der Waals surface area contributed by atoms with Crippen LogP contribution in [0.15, 0.2) is 70.5 Å². The van der Waals surface area contributed by atoms with Gasteiger partial charge in [-0.25, -0.2) is 0 Å². The van der Waals surface area contributed by atoms with Crippen molar-refractivity contribution in [2.24, 2.45) is 5.92 Å². The van der Waals surface area contributed by atoms with Crippen molar-refractivity contribution in [3.05, 3.63) is 60.7 Å². The Balaban J connectivity index is 1.54. The van der Waals surface area contributed by atoms with Crippen LogP contribution in [0.1, 0.15) is 19.3 Å². The van der Waals surface area contributed by atoms with Gasteiger partial charge >= 0.3 is 5.97 Å². The van der Waals surface area contributed by atoms with Gasteiger partial charge in [-0.1, -0.05) is 48.2 Å². The summed E-state index contributed by atoms with van der Waals surface area (Å²) in [5.41, 5.74) is 1.66. The van der Waals surface area contributed by atoms with Crippen molar-refractivity contribution in [2.45, 2.75) is 29.1 Å². The number of allylic oxidation sites excluding steroid dienone is 2. The number of benzene rings is 2. The molecule has 1 atom stereocenters. The molecule has 1 aliphatic heterocycles. The molecule has 0 spiro atoms. The Labute approximate surface area is 156 Å². The fourth-order valence-corrected chi connectivity index (χ4v) is 4.35. The number of amides is 1. The van der Waals surface area contributed by atoms with Gasteiger partial charge in [-0.3, -0.25) is 14.5 Å². The minimum Gasteiger partial charge on any atom is -0.455 e. The maximum atomic E-state index is 12.9. The van der Waals surface area contributed by atoms with Crippen LogP contribution in [0.2, 0.25) is 0 Å². The maximum Gasteiger partial charge on any atom is 0.309 e. The number of hydrogen-bond donors (Lipinski definition) is 0. The van der Waals surface area contributed by atoms with E-state index in [0.717, 1.165) is 34.0 Å². The van der Waals surface area contributed by atoms with E-state index in [1.54, 1.807) is 16.7 Å². The lowest BCUT2D eigenvalue weighted by Crippen LogP contribution is -2.33. The van der Waals surface area contributed by atoms with E-state index < -0.39 is 0 Å². The van der Waals surface area contributed by atoms with Gasteiger partial charge in [0.1, 0.15) is 0 Å². The summed E-state index contributed by atoms with van der Waals surface area (Å²) in [4.78, 5) is 28.9. The number of esters is 1. The molecule has 0 saturated heterocycles. The first-order valence-corrected chi connectivity index (χ1v) is 9.56. The molecule has 5 heteroatoms. The van der Waals surface area contributed by atoms with Gasteiger partial charge in [-0.2, -0.15) is 0 Å². The zero-order valence-corrected chi connectivity index (χ0v) is 15.1. The molecule has 2 aliphatic rings. The molecular formula is C21H19NO3S. The van der Waals surface area contributed by atoms with Crippen molar-refractivity contribution >= 4 is 35.0 Å². The van der Waals surface area contributed by atoms with Crippen LogP contribution in [0.4, 0.5) is 11.4 Å². The molecule has 26 heavy (non-hydrogen) atoms. The van der Waals surface area contributed by atoms with Crippen molar-refractivity contribution in [3.63, 3.8) is 0 Å². The van der Waals surface area contributed by atoms with Crippen LogP contribution in [-0.2, 0) is 14.3 Å². The summed E-state index contributed by atoms with van der Waals surface area (Å²) in [6.45, 7) is -0.244. The van der Waals surface area contributed by atoms with Gasteiger partial charge in [0, 0.05) is 9.79 Å². The lowest BCUT2D eigenvalue weighted by Gasteiger charge is -2.31. The van der Waals surface area contributed by atoms with Crippen LogP contribution in [0.5, 0.6) is 0 Å². The third kappa shape index (κ3) is 3.27. The van der Waals surface area contributed by atoms with E-state index in [4.69, 9.17) is 4.74 Å². The van der Waals surface area contributed by atoms with Crippen molar-refractivity contribution in [1.29, 1.82) is 0 Å². The first-order chi connectivity index (χ1) is 12.7. The van der Waals surface area contributed by atoms with Crippen LogP contribution in [0.25, 0.3) is 0 Å². The number of fused-ring (bicyclic) bond motifs is 2. The molecule has 1 amide bonds. The first kappa shape index (κ1) is 16.9. The first-order valence-electron chi connectivity index (χ1n) is 8.74. The maximum absolute atomic E-state index is 12.9. The standard InChI is InChI=1S/C21H19NO3S/c23-20(14-25-21(24)15-8-2-1-3-9-15)22-16-10-4-6-12-18(16)26-19-13-7-5-11-17(19)22/h1-2,4-7,10-13,15H,3,8-9,14H2/t15-/m0/s1. The van der Waals surface area contributed by atoms with E-state index in [1.165, 1.54) is 0 Å². The molecule has 0 fully saturated rings. The Morgan fingerprint density at radius 3 is 2.27 bits per heavy atom. The van der Waals surface area contributed by atoms with Crippen molar-refractivity contribution in [2.75, 3.05) is 11.5 Å². The van der Waals surface area contributed by atoms with Gasteiger partial charge in [-0.15, -0.1) is 0 Å². The number of carbonyl (C=O) groups is 2. The summed E-state index contributed by atoms with van der Waals surface area (Å²) in [5, 5.41) is 0. The molecule has 2 aromatic carbocycles. The Kier molecular flexibility index (Phi) is 4.80. The van der Waals surface area contributed by atoms with E-state index >= 15 is 0 Å². The highest BCUT2D eigenvalue weighted by Gasteiger charge is 2.29. The normalized spacial score (nSPS) is 18.0. The van der Waals surface area contributed by atoms with Crippen LogP contribution in [-0.4, -0.2) is 18.5 Å². The summed E-state index contributed by atoms with van der Waals surface area (Å²) in [7, 11) is 0. The predicted octanol–water partition coefficient (Wildman–Crippen LogP) is 4.72. The molecule has 4 rings (SSSR count). The summed E-state index contributed by atoms with van der Waals surface area (Å²) in [6, 6.07) is 15.6. The molecular weight excluding hydrogens is 346 g/mol. The largest absolute Gasteiger partial charge is 0.455 e. The van der Waals surface area contributed by atoms with Crippen molar-refractivity contribution < 1.29 is 14.3 Å². The minimum atomic E-state index is -0.282. The summed E-state index contributed by atoms with van der Waals surface area (Å²) in [5.74, 6) is -0.648. The fourth-order valence-electron chi connectivity index (χ4n) is 3.30. The van der Waals surface area contributed by atoms with E-state index in [1.807, 2.05) is 54.6 Å². The smallest absolute Gasteiger partial charge is 0.309 e. The fraction of sp³-hybridized carbons (Fsp3) is 0.238. The number of para-hydroxylation sites is 2. The van der Waals surface area contributed by atoms with Gasteiger partial charge < -0.3 is 4.74 Å². The quantitative estimate of drug-likeness (QED) is 0.583. The zero-order valence-electron chi connectivity index (χ0n) is 14.3. The Bertz CT molecular complexity index is 832. The third-order valence-electron chi connectivity index (χ3n) is 4.62. The van der Waals surface area contributed by atoms with E-state index in [0.29, 0.717) is 6.42 Å². The topological polar surface area (TPSA) is 46.6 Å². The van der Waals surface area contributed by atoms with E-state index in [9.17, 15) is 9.59 Å². The van der Waals surface area contributed by atoms with Crippen LogP contribution in [0, 0.1) is 5.92 Å². The van der Waals surface area contributed by atoms with Gasteiger partial charge in [0.2, 0.25) is 0 Å². The van der Waals surface area contributed by atoms with E-state index in [-0.39, 0.29) is 24.4 Å². The highest BCUT2D eigenvalue weighted by Crippen LogP contribution is 2.47. The van der Waals surface area contributed by atoms with Crippen LogP contribution < -0.4 is 4.90 Å². The summed E-state index contributed by atoms with van der Waals surface area (Å²) in [6.07, 6.45) is 6.45. The Morgan fingerprint density at radius 2 is 1.65 bits per heavy atom. The molecule has 1 aliphatic carbocycles. The Morgan fingerprint density at radius 1 is 1.00 bits per heavy atom. The molecule has 0 radical (unpaired) electrons. The number of ether oxygens (including phenoxy) is 1. The number of hydrogen-bond acceptors (Lipinski definition) is 4. The molecule has 2 aromatic rings. The second kappa shape index (κ2) is 7.38. The molecule has 4 nitrogen and oxygen atoms in total. The molecule has 1 heterocycles. The van der Waals surface area contributed by atoms with Gasteiger partial charge in [0.15, 0.2) is 6.61 Å².